The van der Waals surface area contributed by atoms with Gasteiger partial charge in [-0.15, -0.1) is 4.33 Å². The van der Waals surface area contributed by atoms with Crippen LogP contribution in [-0.2, 0) is 9.22 Å². The maximum atomic E-state index is 12.5. The lowest BCUT2D eigenvalue weighted by molar-refractivity contribution is -0.159. The van der Waals surface area contributed by atoms with Gasteiger partial charge in [-0.3, -0.25) is 4.79 Å². The molecule has 1 aromatic heterocycles. The van der Waals surface area contributed by atoms with Gasteiger partial charge in [0.2, 0.25) is 5.76 Å². The quantitative estimate of drug-likeness (QED) is 0.242. The third-order valence-corrected chi connectivity index (χ3v) is 4.67. The summed E-state index contributed by atoms with van der Waals surface area (Å²) in [5, 5.41) is 11.7. The van der Waals surface area contributed by atoms with Crippen molar-refractivity contribution >= 4 is 35.2 Å². The number of piperidine rings is 1. The number of nitriles is 1. The molecule has 0 atom stereocenters. The fraction of sp³-hybridized carbons (Fsp3) is 0.333. The van der Waals surface area contributed by atoms with E-state index in [1.165, 1.54) is 25.7 Å². The first-order chi connectivity index (χ1) is 13.2. The first kappa shape index (κ1) is 19.1. The molecule has 1 saturated heterocycles. The predicted octanol–water partition coefficient (Wildman–Crippen LogP) is 3.95. The number of amides is 1. The van der Waals surface area contributed by atoms with E-state index in [1.807, 2.05) is 24.3 Å². The topological polar surface area (TPSA) is 99.8 Å². The molecule has 3 rings (SSSR count). The minimum absolute atomic E-state index is 0.0994. The zero-order chi connectivity index (χ0) is 19.1. The van der Waals surface area contributed by atoms with Gasteiger partial charge in [0.1, 0.15) is 18.3 Å². The average molecular weight is 388 g/mol. The number of rotatable bonds is 7. The van der Waals surface area contributed by atoms with Gasteiger partial charge in [0.15, 0.2) is 5.76 Å². The largest absolute Gasteiger partial charge is 0.440 e. The third-order valence-electron chi connectivity index (χ3n) is 4.14. The molecule has 1 amide bonds. The lowest BCUT2D eigenvalue weighted by Crippen LogP contribution is -2.30. The molecule has 142 valence electrons. The summed E-state index contributed by atoms with van der Waals surface area (Å²) in [7, 11) is 1.43. The smallest absolute Gasteiger partial charge is 0.291 e. The summed E-state index contributed by atoms with van der Waals surface area (Å²) in [5.41, 5.74) is 2.42. The van der Waals surface area contributed by atoms with Crippen molar-refractivity contribution < 1.29 is 18.4 Å². The van der Waals surface area contributed by atoms with Gasteiger partial charge in [0.05, 0.1) is 18.5 Å². The summed E-state index contributed by atoms with van der Waals surface area (Å²) in [6.45, 7) is 1.85. The highest BCUT2D eigenvalue weighted by Gasteiger charge is 2.18. The molecule has 8 nitrogen and oxygen atoms in total. The Morgan fingerprint density at radius 1 is 1.26 bits per heavy atom. The lowest BCUT2D eigenvalue weighted by Gasteiger charge is -2.31. The Labute approximate surface area is 161 Å². The van der Waals surface area contributed by atoms with Crippen molar-refractivity contribution in [2.45, 2.75) is 19.3 Å². The summed E-state index contributed by atoms with van der Waals surface area (Å²) < 4.78 is 13.0. The van der Waals surface area contributed by atoms with Crippen molar-refractivity contribution in [3.63, 3.8) is 0 Å². The van der Waals surface area contributed by atoms with Crippen molar-refractivity contribution in [1.82, 2.24) is 0 Å². The molecule has 0 unspecified atom stereocenters. The fourth-order valence-electron chi connectivity index (χ4n) is 2.90. The van der Waals surface area contributed by atoms with Gasteiger partial charge >= 0.3 is 0 Å². The van der Waals surface area contributed by atoms with Crippen molar-refractivity contribution in [3.8, 4) is 6.07 Å². The molecule has 0 aliphatic carbocycles. The van der Waals surface area contributed by atoms with Crippen LogP contribution in [0.25, 0.3) is 0 Å². The number of furan rings is 1. The lowest BCUT2D eigenvalue weighted by atomic mass is 10.1. The van der Waals surface area contributed by atoms with E-state index < -0.39 is 5.91 Å². The molecular weight excluding hydrogens is 368 g/mol. The number of hydrogen-bond acceptors (Lipinski definition) is 8. The monoisotopic (exact) mass is 388 g/mol. The van der Waals surface area contributed by atoms with Crippen LogP contribution in [0.1, 0.15) is 35.6 Å². The molecule has 1 aliphatic rings. The van der Waals surface area contributed by atoms with E-state index in [0.29, 0.717) is 5.69 Å². The molecule has 1 fully saturated rings. The van der Waals surface area contributed by atoms with Gasteiger partial charge in [0, 0.05) is 18.8 Å². The Morgan fingerprint density at radius 3 is 2.78 bits per heavy atom. The SMILES string of the molecule is COOSNc1ccc(NC(=O)c2ccc(C#N)o2)c(N2CCCCC2)c1. The molecule has 1 aromatic carbocycles. The highest BCUT2D eigenvalue weighted by atomic mass is 32.2. The van der Waals surface area contributed by atoms with Gasteiger partial charge in [-0.25, -0.2) is 4.89 Å². The Bertz CT molecular complexity index is 827. The summed E-state index contributed by atoms with van der Waals surface area (Å²) in [6.07, 6.45) is 3.42. The molecule has 9 heteroatoms. The minimum atomic E-state index is -0.396. The van der Waals surface area contributed by atoms with Crippen molar-refractivity contribution in [1.29, 1.82) is 5.26 Å². The maximum absolute atomic E-state index is 12.5. The Hall–Kier alpha value is -2.67. The molecule has 27 heavy (non-hydrogen) atoms. The van der Waals surface area contributed by atoms with Gasteiger partial charge in [0.25, 0.3) is 5.91 Å². The second kappa shape index (κ2) is 9.32. The number of carbonyl (C=O) groups is 1. The summed E-state index contributed by atoms with van der Waals surface area (Å²) in [5.74, 6) is -0.193. The zero-order valence-corrected chi connectivity index (χ0v) is 15.7. The second-order valence-electron chi connectivity index (χ2n) is 5.93. The Morgan fingerprint density at radius 2 is 2.07 bits per heavy atom. The van der Waals surface area contributed by atoms with Gasteiger partial charge in [-0.2, -0.15) is 5.26 Å². The molecule has 0 radical (unpaired) electrons. The predicted molar refractivity (Wildman–Crippen MR) is 103 cm³/mol. The number of nitrogens with zero attached hydrogens (tertiary/aromatic N) is 2. The van der Waals surface area contributed by atoms with Crippen LogP contribution in [0.15, 0.2) is 34.7 Å². The van der Waals surface area contributed by atoms with Crippen molar-refractivity contribution in [2.75, 3.05) is 35.1 Å². The zero-order valence-electron chi connectivity index (χ0n) is 14.9. The standard InChI is InChI=1S/C18H20N4O4S/c1-24-26-27-21-13-5-7-15(16(11-13)22-9-3-2-4-10-22)20-18(23)17-8-6-14(12-19)25-17/h5-8,11,21H,2-4,9-10H2,1H3,(H,20,23). The highest BCUT2D eigenvalue weighted by Crippen LogP contribution is 2.33. The second-order valence-corrected chi connectivity index (χ2v) is 6.44. The van der Waals surface area contributed by atoms with Crippen molar-refractivity contribution in [3.05, 3.63) is 41.9 Å². The molecule has 2 aromatic rings. The van der Waals surface area contributed by atoms with Crippen LogP contribution in [0.4, 0.5) is 17.1 Å². The van der Waals surface area contributed by atoms with Crippen LogP contribution in [0.5, 0.6) is 0 Å². The van der Waals surface area contributed by atoms with Crippen LogP contribution in [0.3, 0.4) is 0 Å². The van der Waals surface area contributed by atoms with Gasteiger partial charge in [-0.05, 0) is 49.6 Å². The van der Waals surface area contributed by atoms with Gasteiger partial charge in [-0.1, -0.05) is 0 Å². The van der Waals surface area contributed by atoms with Crippen LogP contribution >= 0.6 is 12.2 Å². The summed E-state index contributed by atoms with van der Waals surface area (Å²) in [4.78, 5) is 19.3. The van der Waals surface area contributed by atoms with E-state index in [1.54, 1.807) is 0 Å². The number of benzene rings is 1. The fourth-order valence-corrected chi connectivity index (χ4v) is 3.23. The first-order valence-corrected chi connectivity index (χ1v) is 9.28. The Kier molecular flexibility index (Phi) is 6.59. The minimum Gasteiger partial charge on any atom is -0.440 e. The molecule has 2 heterocycles. The van der Waals surface area contributed by atoms with Gasteiger partial charge < -0.3 is 19.4 Å². The molecular formula is C18H20N4O4S. The number of anilines is 3. The van der Waals surface area contributed by atoms with Crippen molar-refractivity contribution in [2.24, 2.45) is 0 Å². The normalized spacial score (nSPS) is 13.9. The molecule has 0 bridgehead atoms. The average Bonchev–Trinajstić information content (AvgIpc) is 3.19. The Balaban J connectivity index is 1.81. The summed E-state index contributed by atoms with van der Waals surface area (Å²) in [6, 6.07) is 10.4. The van der Waals surface area contributed by atoms with Crippen LogP contribution in [0.2, 0.25) is 0 Å². The van der Waals surface area contributed by atoms with E-state index in [2.05, 4.69) is 19.8 Å². The number of hydrogen-bond donors (Lipinski definition) is 2. The first-order valence-electron chi connectivity index (χ1n) is 8.54. The number of nitrogens with one attached hydrogen (secondary N) is 2. The highest BCUT2D eigenvalue weighted by molar-refractivity contribution is 7.95. The molecule has 0 saturated carbocycles. The van der Waals surface area contributed by atoms with Crippen LogP contribution in [0, 0.1) is 11.3 Å². The van der Waals surface area contributed by atoms with E-state index in [-0.39, 0.29) is 11.5 Å². The van der Waals surface area contributed by atoms with E-state index in [9.17, 15) is 4.79 Å². The van der Waals surface area contributed by atoms with E-state index in [0.717, 1.165) is 49.5 Å². The molecule has 2 N–H and O–H groups in total. The molecule has 0 spiro atoms. The maximum Gasteiger partial charge on any atom is 0.291 e. The third kappa shape index (κ3) is 4.95. The summed E-state index contributed by atoms with van der Waals surface area (Å²) >= 11 is 0.960. The van der Waals surface area contributed by atoms with Crippen LogP contribution < -0.4 is 14.9 Å². The van der Waals surface area contributed by atoms with E-state index >= 15 is 0 Å². The molecule has 1 aliphatic heterocycles. The van der Waals surface area contributed by atoms with E-state index in [4.69, 9.17) is 14.0 Å². The van der Waals surface area contributed by atoms with Crippen LogP contribution in [-0.4, -0.2) is 26.1 Å². The number of carbonyl (C=O) groups excluding carboxylic acids is 1.